The number of hydrogen-bond donors (Lipinski definition) is 0. The Kier molecular flexibility index (Phi) is 5.13. The number of rotatable bonds is 5. The zero-order valence-corrected chi connectivity index (χ0v) is 13.4. The van der Waals surface area contributed by atoms with E-state index in [1.165, 1.54) is 12.1 Å². The largest absolute Gasteiger partial charge is 0.308 e. The predicted molar refractivity (Wildman–Crippen MR) is 86.0 cm³/mol. The van der Waals surface area contributed by atoms with Gasteiger partial charge in [-0.2, -0.15) is 0 Å². The summed E-state index contributed by atoms with van der Waals surface area (Å²) in [7, 11) is 4.07. The Balaban J connectivity index is 2.34. The minimum atomic E-state index is -0.423. The molecule has 1 amide bonds. The first-order chi connectivity index (χ1) is 10.5. The molecule has 0 radical (unpaired) electrons. The zero-order chi connectivity index (χ0) is 16.3. The van der Waals surface area contributed by atoms with Crippen LogP contribution < -0.4 is 4.90 Å². The van der Waals surface area contributed by atoms with E-state index in [4.69, 9.17) is 0 Å². The van der Waals surface area contributed by atoms with Gasteiger partial charge in [-0.25, -0.2) is 0 Å². The highest BCUT2D eigenvalue weighted by Gasteiger charge is 2.36. The Morgan fingerprint density at radius 3 is 2.32 bits per heavy atom. The fourth-order valence-electron chi connectivity index (χ4n) is 3.25. The van der Waals surface area contributed by atoms with E-state index in [0.717, 1.165) is 24.9 Å². The molecule has 1 aliphatic carbocycles. The van der Waals surface area contributed by atoms with E-state index < -0.39 is 4.92 Å². The second kappa shape index (κ2) is 6.87. The zero-order valence-electron chi connectivity index (χ0n) is 13.4. The molecule has 6 heteroatoms. The second-order valence-electron chi connectivity index (χ2n) is 5.92. The van der Waals surface area contributed by atoms with Crippen LogP contribution in [0.4, 0.5) is 11.4 Å². The van der Waals surface area contributed by atoms with E-state index in [1.54, 1.807) is 12.1 Å². The smallest absolute Gasteiger partial charge is 0.269 e. The van der Waals surface area contributed by atoms with Crippen molar-refractivity contribution in [3.05, 3.63) is 34.4 Å². The number of nitrogens with zero attached hydrogens (tertiary/aromatic N) is 3. The predicted octanol–water partition coefficient (Wildman–Crippen LogP) is 2.82. The maximum Gasteiger partial charge on any atom is 0.269 e. The monoisotopic (exact) mass is 305 g/mol. The highest BCUT2D eigenvalue weighted by molar-refractivity contribution is 5.94. The molecule has 1 aliphatic rings. The molecule has 1 saturated carbocycles. The minimum Gasteiger partial charge on any atom is -0.308 e. The lowest BCUT2D eigenvalue weighted by atomic mass is 10.1. The van der Waals surface area contributed by atoms with Gasteiger partial charge in [0.1, 0.15) is 0 Å². The van der Waals surface area contributed by atoms with Crippen molar-refractivity contribution in [2.24, 2.45) is 0 Å². The molecular weight excluding hydrogens is 282 g/mol. The van der Waals surface area contributed by atoms with Crippen molar-refractivity contribution >= 4 is 17.3 Å². The number of hydrogen-bond acceptors (Lipinski definition) is 4. The van der Waals surface area contributed by atoms with Gasteiger partial charge in [0.05, 0.1) is 11.0 Å². The molecule has 0 aliphatic heterocycles. The van der Waals surface area contributed by atoms with Gasteiger partial charge in [0.2, 0.25) is 5.91 Å². The maximum atomic E-state index is 12.5. The quantitative estimate of drug-likeness (QED) is 0.619. The number of nitro groups is 1. The summed E-state index contributed by atoms with van der Waals surface area (Å²) < 4.78 is 0. The summed E-state index contributed by atoms with van der Waals surface area (Å²) in [5, 5.41) is 10.8. The lowest BCUT2D eigenvalue weighted by molar-refractivity contribution is -0.384. The Morgan fingerprint density at radius 1 is 1.23 bits per heavy atom. The van der Waals surface area contributed by atoms with Gasteiger partial charge in [0.25, 0.3) is 5.69 Å². The topological polar surface area (TPSA) is 66.7 Å². The third-order valence-corrected chi connectivity index (χ3v) is 4.35. The van der Waals surface area contributed by atoms with Crippen molar-refractivity contribution in [2.75, 3.05) is 19.0 Å². The summed E-state index contributed by atoms with van der Waals surface area (Å²) in [5.74, 6) is 0.0626. The fraction of sp³-hybridized carbons (Fsp3) is 0.562. The SMILES string of the molecule is CCC(=O)N(c1ccc([N+](=O)[O-])cc1)C1CCCC1N(C)C. The van der Waals surface area contributed by atoms with Crippen molar-refractivity contribution in [3.63, 3.8) is 0 Å². The van der Waals surface area contributed by atoms with E-state index in [9.17, 15) is 14.9 Å². The Labute approximate surface area is 130 Å². The van der Waals surface area contributed by atoms with Crippen LogP contribution in [0.5, 0.6) is 0 Å². The van der Waals surface area contributed by atoms with Crippen LogP contribution in [-0.4, -0.2) is 41.9 Å². The van der Waals surface area contributed by atoms with Crippen LogP contribution in [-0.2, 0) is 4.79 Å². The van der Waals surface area contributed by atoms with E-state index in [0.29, 0.717) is 12.5 Å². The van der Waals surface area contributed by atoms with E-state index in [1.807, 2.05) is 25.9 Å². The first-order valence-electron chi connectivity index (χ1n) is 7.68. The number of nitro benzene ring substituents is 1. The van der Waals surface area contributed by atoms with Crippen LogP contribution in [0.3, 0.4) is 0 Å². The van der Waals surface area contributed by atoms with Crippen LogP contribution >= 0.6 is 0 Å². The molecule has 0 heterocycles. The lowest BCUT2D eigenvalue weighted by Crippen LogP contribution is -2.49. The van der Waals surface area contributed by atoms with Gasteiger partial charge in [-0.05, 0) is 45.5 Å². The summed E-state index contributed by atoms with van der Waals surface area (Å²) in [4.78, 5) is 26.8. The summed E-state index contributed by atoms with van der Waals surface area (Å²) in [6.07, 6.45) is 3.55. The van der Waals surface area contributed by atoms with Crippen molar-refractivity contribution in [1.29, 1.82) is 0 Å². The number of carbonyl (C=O) groups is 1. The molecule has 6 nitrogen and oxygen atoms in total. The van der Waals surface area contributed by atoms with Crippen LogP contribution in [0.1, 0.15) is 32.6 Å². The maximum absolute atomic E-state index is 12.5. The van der Waals surface area contributed by atoms with Gasteiger partial charge < -0.3 is 9.80 Å². The molecule has 22 heavy (non-hydrogen) atoms. The molecule has 1 fully saturated rings. The van der Waals surface area contributed by atoms with Gasteiger partial charge in [-0.3, -0.25) is 14.9 Å². The lowest BCUT2D eigenvalue weighted by Gasteiger charge is -2.36. The van der Waals surface area contributed by atoms with E-state index >= 15 is 0 Å². The van der Waals surface area contributed by atoms with E-state index in [2.05, 4.69) is 4.90 Å². The molecule has 120 valence electrons. The molecule has 0 aromatic heterocycles. The standard InChI is InChI=1S/C16H23N3O3/c1-4-16(20)18(15-7-5-6-14(15)17(2)3)12-8-10-13(11-9-12)19(21)22/h8-11,14-15H,4-7H2,1-3H3. The molecule has 1 aromatic carbocycles. The number of anilines is 1. The van der Waals surface area contributed by atoms with E-state index in [-0.39, 0.29) is 17.6 Å². The van der Waals surface area contributed by atoms with Gasteiger partial charge in [-0.15, -0.1) is 0 Å². The molecule has 0 saturated heterocycles. The van der Waals surface area contributed by atoms with Crippen LogP contribution in [0, 0.1) is 10.1 Å². The van der Waals surface area contributed by atoms with Crippen LogP contribution in [0.25, 0.3) is 0 Å². The number of likely N-dealkylation sites (N-methyl/N-ethyl adjacent to an activating group) is 1. The molecule has 0 bridgehead atoms. The van der Waals surface area contributed by atoms with Crippen molar-refractivity contribution < 1.29 is 9.72 Å². The fourth-order valence-corrected chi connectivity index (χ4v) is 3.25. The Hall–Kier alpha value is -1.95. The van der Waals surface area contributed by atoms with Gasteiger partial charge in [-0.1, -0.05) is 6.92 Å². The molecule has 2 atom stereocenters. The number of carbonyl (C=O) groups excluding carboxylic acids is 1. The average Bonchev–Trinajstić information content (AvgIpc) is 2.97. The molecule has 0 N–H and O–H groups in total. The summed E-state index contributed by atoms with van der Waals surface area (Å²) in [5.41, 5.74) is 0.791. The third kappa shape index (κ3) is 3.27. The third-order valence-electron chi connectivity index (χ3n) is 4.35. The van der Waals surface area contributed by atoms with Crippen molar-refractivity contribution in [3.8, 4) is 0 Å². The number of amides is 1. The van der Waals surface area contributed by atoms with Crippen molar-refractivity contribution in [1.82, 2.24) is 4.90 Å². The van der Waals surface area contributed by atoms with Crippen LogP contribution in [0.15, 0.2) is 24.3 Å². The molecule has 1 aromatic rings. The highest BCUT2D eigenvalue weighted by atomic mass is 16.6. The Bertz CT molecular complexity index is 542. The van der Waals surface area contributed by atoms with Crippen LogP contribution in [0.2, 0.25) is 0 Å². The van der Waals surface area contributed by atoms with Gasteiger partial charge >= 0.3 is 0 Å². The average molecular weight is 305 g/mol. The number of non-ortho nitro benzene ring substituents is 1. The summed E-state index contributed by atoms with van der Waals surface area (Å²) in [6, 6.07) is 6.73. The summed E-state index contributed by atoms with van der Waals surface area (Å²) >= 11 is 0. The van der Waals surface area contributed by atoms with Gasteiger partial charge in [0.15, 0.2) is 0 Å². The molecule has 2 unspecified atom stereocenters. The van der Waals surface area contributed by atoms with Gasteiger partial charge in [0, 0.05) is 30.3 Å². The molecule has 2 rings (SSSR count). The first kappa shape index (κ1) is 16.4. The Morgan fingerprint density at radius 2 is 1.82 bits per heavy atom. The van der Waals surface area contributed by atoms with Crippen molar-refractivity contribution in [2.45, 2.75) is 44.7 Å². The highest BCUT2D eigenvalue weighted by Crippen LogP contribution is 2.32. The molecule has 0 spiro atoms. The number of benzene rings is 1. The first-order valence-corrected chi connectivity index (χ1v) is 7.68. The second-order valence-corrected chi connectivity index (χ2v) is 5.92. The molecular formula is C16H23N3O3. The normalized spacial score (nSPS) is 21.1. The minimum absolute atomic E-state index is 0.0447. The summed E-state index contributed by atoms with van der Waals surface area (Å²) in [6.45, 7) is 1.85.